The van der Waals surface area contributed by atoms with E-state index in [9.17, 15) is 14.7 Å². The zero-order valence-electron chi connectivity index (χ0n) is 15.7. The smallest absolute Gasteiger partial charge is 0.337 e. The van der Waals surface area contributed by atoms with E-state index in [1.54, 1.807) is 42.5 Å². The highest BCUT2D eigenvalue weighted by Gasteiger charge is 2.11. The minimum atomic E-state index is -0.351. The Hall–Kier alpha value is -3.40. The van der Waals surface area contributed by atoms with E-state index in [1.807, 2.05) is 30.3 Å². The molecule has 0 saturated carbocycles. The van der Waals surface area contributed by atoms with Crippen LogP contribution in [0, 0.1) is 0 Å². The van der Waals surface area contributed by atoms with E-state index in [0.29, 0.717) is 23.1 Å². The first kappa shape index (κ1) is 19.4. The fourth-order valence-electron chi connectivity index (χ4n) is 3.09. The van der Waals surface area contributed by atoms with Gasteiger partial charge in [0.25, 0.3) is 0 Å². The molecule has 28 heavy (non-hydrogen) atoms. The lowest BCUT2D eigenvalue weighted by Gasteiger charge is -2.08. The molecule has 0 atom stereocenters. The van der Waals surface area contributed by atoms with Crippen LogP contribution in [0.3, 0.4) is 0 Å². The summed E-state index contributed by atoms with van der Waals surface area (Å²) in [6.45, 7) is 0. The summed E-state index contributed by atoms with van der Waals surface area (Å²) >= 11 is 0. The van der Waals surface area contributed by atoms with Gasteiger partial charge in [-0.15, -0.1) is 0 Å². The number of hydrogen-bond donors (Lipinski definition) is 1. The van der Waals surface area contributed by atoms with Gasteiger partial charge in [0.05, 0.1) is 12.7 Å². The molecule has 0 spiro atoms. The number of benzene rings is 3. The molecular formula is C24H22O4. The maximum absolute atomic E-state index is 12.6. The highest BCUT2D eigenvalue weighted by molar-refractivity contribution is 6.09. The van der Waals surface area contributed by atoms with Gasteiger partial charge in [0.15, 0.2) is 5.78 Å². The van der Waals surface area contributed by atoms with Crippen molar-refractivity contribution in [3.63, 3.8) is 0 Å². The van der Waals surface area contributed by atoms with E-state index in [1.165, 1.54) is 7.11 Å². The SMILES string of the molecule is COC(=O)c1ccc(CCCc2cc(C(=O)c3ccccc3)ccc2O)cc1. The van der Waals surface area contributed by atoms with Crippen LogP contribution in [0.1, 0.15) is 43.8 Å². The second-order valence-corrected chi connectivity index (χ2v) is 6.58. The summed E-state index contributed by atoms with van der Waals surface area (Å²) in [5.41, 5.74) is 3.58. The Labute approximate surface area is 164 Å². The van der Waals surface area contributed by atoms with Crippen molar-refractivity contribution in [2.45, 2.75) is 19.3 Å². The molecule has 0 aliphatic rings. The third kappa shape index (κ3) is 4.65. The molecule has 3 rings (SSSR count). The number of rotatable bonds is 7. The molecule has 0 bridgehead atoms. The van der Waals surface area contributed by atoms with Crippen molar-refractivity contribution in [2.75, 3.05) is 7.11 Å². The summed E-state index contributed by atoms with van der Waals surface area (Å²) in [6.07, 6.45) is 2.27. The third-order valence-corrected chi connectivity index (χ3v) is 4.66. The number of phenolic OH excluding ortho intramolecular Hbond substituents is 1. The molecule has 0 aromatic heterocycles. The van der Waals surface area contributed by atoms with Gasteiger partial charge in [0.2, 0.25) is 0 Å². The molecule has 0 aliphatic carbocycles. The van der Waals surface area contributed by atoms with Gasteiger partial charge in [-0.05, 0) is 60.7 Å². The molecule has 0 aliphatic heterocycles. The number of ether oxygens (including phenoxy) is 1. The van der Waals surface area contributed by atoms with Crippen LogP contribution >= 0.6 is 0 Å². The molecule has 0 heterocycles. The number of methoxy groups -OCH3 is 1. The predicted octanol–water partition coefficient (Wildman–Crippen LogP) is 4.59. The van der Waals surface area contributed by atoms with Gasteiger partial charge in [0.1, 0.15) is 5.75 Å². The van der Waals surface area contributed by atoms with Crippen molar-refractivity contribution >= 4 is 11.8 Å². The topological polar surface area (TPSA) is 63.6 Å². The molecule has 4 heteroatoms. The highest BCUT2D eigenvalue weighted by Crippen LogP contribution is 2.22. The maximum atomic E-state index is 12.6. The van der Waals surface area contributed by atoms with Gasteiger partial charge in [-0.25, -0.2) is 4.79 Å². The van der Waals surface area contributed by atoms with E-state index < -0.39 is 0 Å². The van der Waals surface area contributed by atoms with Gasteiger partial charge in [-0.3, -0.25) is 4.79 Å². The van der Waals surface area contributed by atoms with Crippen molar-refractivity contribution in [1.82, 2.24) is 0 Å². The maximum Gasteiger partial charge on any atom is 0.337 e. The first-order valence-electron chi connectivity index (χ1n) is 9.17. The standard InChI is InChI=1S/C24H22O4/c1-28-24(27)19-12-10-17(11-13-19)6-5-9-20-16-21(14-15-22(20)25)23(26)18-7-3-2-4-8-18/h2-4,7-8,10-16,25H,5-6,9H2,1H3. The van der Waals surface area contributed by atoms with Gasteiger partial charge < -0.3 is 9.84 Å². The lowest BCUT2D eigenvalue weighted by atomic mass is 9.97. The van der Waals surface area contributed by atoms with Crippen molar-refractivity contribution in [1.29, 1.82) is 0 Å². The van der Waals surface area contributed by atoms with E-state index >= 15 is 0 Å². The van der Waals surface area contributed by atoms with Crippen LogP contribution in [0.15, 0.2) is 72.8 Å². The Morgan fingerprint density at radius 3 is 2.18 bits per heavy atom. The van der Waals surface area contributed by atoms with Crippen LogP contribution in [0.5, 0.6) is 5.75 Å². The number of hydrogen-bond acceptors (Lipinski definition) is 4. The largest absolute Gasteiger partial charge is 0.508 e. The highest BCUT2D eigenvalue weighted by atomic mass is 16.5. The van der Waals surface area contributed by atoms with Crippen LogP contribution in [0.25, 0.3) is 0 Å². The number of aryl methyl sites for hydroxylation is 2. The Morgan fingerprint density at radius 1 is 0.821 bits per heavy atom. The third-order valence-electron chi connectivity index (χ3n) is 4.66. The van der Waals surface area contributed by atoms with Gasteiger partial charge >= 0.3 is 5.97 Å². The zero-order chi connectivity index (χ0) is 19.9. The van der Waals surface area contributed by atoms with Crippen molar-refractivity contribution in [3.8, 4) is 5.75 Å². The van der Waals surface area contributed by atoms with Crippen LogP contribution in [-0.4, -0.2) is 24.0 Å². The molecule has 3 aromatic rings. The van der Waals surface area contributed by atoms with Gasteiger partial charge in [-0.1, -0.05) is 42.5 Å². The number of ketones is 1. The fourth-order valence-corrected chi connectivity index (χ4v) is 3.09. The van der Waals surface area contributed by atoms with Crippen LogP contribution in [0.4, 0.5) is 0 Å². The molecule has 1 N–H and O–H groups in total. The van der Waals surface area contributed by atoms with Crippen LogP contribution in [-0.2, 0) is 17.6 Å². The first-order chi connectivity index (χ1) is 13.6. The Morgan fingerprint density at radius 2 is 1.50 bits per heavy atom. The fraction of sp³-hybridized carbons (Fsp3) is 0.167. The first-order valence-corrected chi connectivity index (χ1v) is 9.17. The summed E-state index contributed by atoms with van der Waals surface area (Å²) < 4.78 is 4.70. The normalized spacial score (nSPS) is 10.5. The van der Waals surface area contributed by atoms with E-state index in [-0.39, 0.29) is 17.5 Å². The molecule has 4 nitrogen and oxygen atoms in total. The lowest BCUT2D eigenvalue weighted by Crippen LogP contribution is -2.02. The summed E-state index contributed by atoms with van der Waals surface area (Å²) in [5, 5.41) is 10.1. The summed E-state index contributed by atoms with van der Waals surface area (Å²) in [7, 11) is 1.36. The quantitative estimate of drug-likeness (QED) is 0.485. The monoisotopic (exact) mass is 374 g/mol. The molecular weight excluding hydrogens is 352 g/mol. The molecule has 142 valence electrons. The van der Waals surface area contributed by atoms with Crippen LogP contribution in [0.2, 0.25) is 0 Å². The number of esters is 1. The predicted molar refractivity (Wildman–Crippen MR) is 108 cm³/mol. The van der Waals surface area contributed by atoms with Crippen molar-refractivity contribution in [3.05, 3.63) is 101 Å². The van der Waals surface area contributed by atoms with Crippen molar-refractivity contribution in [2.24, 2.45) is 0 Å². The molecule has 0 saturated heterocycles. The molecule has 3 aromatic carbocycles. The molecule has 0 amide bonds. The Kier molecular flexibility index (Phi) is 6.22. The Balaban J connectivity index is 1.64. The van der Waals surface area contributed by atoms with E-state index in [2.05, 4.69) is 0 Å². The zero-order valence-corrected chi connectivity index (χ0v) is 15.7. The molecule has 0 radical (unpaired) electrons. The average molecular weight is 374 g/mol. The van der Waals surface area contributed by atoms with Crippen LogP contribution < -0.4 is 0 Å². The second kappa shape index (κ2) is 9.00. The average Bonchev–Trinajstić information content (AvgIpc) is 2.75. The van der Waals surface area contributed by atoms with E-state index in [0.717, 1.165) is 24.0 Å². The number of carbonyl (C=O) groups excluding carboxylic acids is 2. The minimum absolute atomic E-state index is 0.0553. The van der Waals surface area contributed by atoms with Gasteiger partial charge in [0, 0.05) is 11.1 Å². The van der Waals surface area contributed by atoms with Crippen molar-refractivity contribution < 1.29 is 19.4 Å². The Bertz CT molecular complexity index is 960. The minimum Gasteiger partial charge on any atom is -0.508 e. The summed E-state index contributed by atoms with van der Waals surface area (Å²) in [4.78, 5) is 24.1. The second-order valence-electron chi connectivity index (χ2n) is 6.58. The number of phenols is 1. The van der Waals surface area contributed by atoms with Gasteiger partial charge in [-0.2, -0.15) is 0 Å². The number of aromatic hydroxyl groups is 1. The molecule has 0 unspecified atom stereocenters. The summed E-state index contributed by atoms with van der Waals surface area (Å²) in [6, 6.07) is 21.4. The molecule has 0 fully saturated rings. The van der Waals surface area contributed by atoms with E-state index in [4.69, 9.17) is 4.74 Å². The number of carbonyl (C=O) groups is 2. The lowest BCUT2D eigenvalue weighted by molar-refractivity contribution is 0.0600. The summed E-state index contributed by atoms with van der Waals surface area (Å²) in [5.74, 6) is -0.206.